The molecule has 1 aromatic carbocycles. The molecule has 4 nitrogen and oxygen atoms in total. The van der Waals surface area contributed by atoms with Crippen LogP contribution < -0.4 is 5.32 Å². The molecule has 1 aromatic rings. The Bertz CT molecular complexity index is 634. The second-order valence-electron chi connectivity index (χ2n) is 5.02. The number of benzene rings is 1. The van der Waals surface area contributed by atoms with Crippen molar-refractivity contribution in [2.75, 3.05) is 5.32 Å². The third-order valence-corrected chi connectivity index (χ3v) is 4.85. The first kappa shape index (κ1) is 16.2. The van der Waals surface area contributed by atoms with Gasteiger partial charge in [-0.25, -0.2) is 17.2 Å². The minimum absolute atomic E-state index is 0.269. The summed E-state index contributed by atoms with van der Waals surface area (Å²) >= 11 is 0. The number of hydrogen-bond donors (Lipinski definition) is 1. The van der Waals surface area contributed by atoms with Gasteiger partial charge in [0.05, 0.1) is 4.90 Å². The number of hydrogen-bond acceptors (Lipinski definition) is 3. The number of rotatable bonds is 3. The Morgan fingerprint density at radius 1 is 1.14 bits per heavy atom. The first-order valence-corrected chi connectivity index (χ1v) is 8.84. The molecule has 0 radical (unpaired) electrons. The van der Waals surface area contributed by atoms with Crippen molar-refractivity contribution in [1.82, 2.24) is 0 Å². The van der Waals surface area contributed by atoms with Crippen LogP contribution in [0.1, 0.15) is 32.1 Å². The lowest BCUT2D eigenvalue weighted by Gasteiger charge is -2.21. The van der Waals surface area contributed by atoms with Crippen molar-refractivity contribution in [3.8, 4) is 0 Å². The van der Waals surface area contributed by atoms with Gasteiger partial charge in [-0.3, -0.25) is 4.79 Å². The first-order chi connectivity index (χ1) is 9.79. The van der Waals surface area contributed by atoms with Crippen molar-refractivity contribution in [2.24, 2.45) is 5.92 Å². The first-order valence-electron chi connectivity index (χ1n) is 6.53. The highest BCUT2D eigenvalue weighted by molar-refractivity contribution is 8.13. The summed E-state index contributed by atoms with van der Waals surface area (Å²) in [6.07, 6.45) is 4.24. The maximum Gasteiger partial charge on any atom is 0.261 e. The third-order valence-electron chi connectivity index (χ3n) is 3.52. The zero-order valence-electron chi connectivity index (χ0n) is 11.0. The molecule has 0 saturated heterocycles. The predicted molar refractivity (Wildman–Crippen MR) is 74.6 cm³/mol. The Balaban J connectivity index is 2.22. The molecule has 1 N–H and O–H groups in total. The van der Waals surface area contributed by atoms with Crippen molar-refractivity contribution < 1.29 is 22.0 Å². The molecule has 1 aliphatic carbocycles. The second kappa shape index (κ2) is 6.27. The van der Waals surface area contributed by atoms with E-state index in [4.69, 9.17) is 10.7 Å². The van der Waals surface area contributed by atoms with Crippen molar-refractivity contribution in [1.29, 1.82) is 0 Å². The van der Waals surface area contributed by atoms with Crippen molar-refractivity contribution in [3.05, 3.63) is 23.8 Å². The number of carbonyl (C=O) groups excluding carboxylic acids is 1. The Morgan fingerprint density at radius 3 is 2.14 bits per heavy atom. The van der Waals surface area contributed by atoms with Gasteiger partial charge in [-0.05, 0) is 25.0 Å². The van der Waals surface area contributed by atoms with Gasteiger partial charge < -0.3 is 5.32 Å². The van der Waals surface area contributed by atoms with Gasteiger partial charge in [0.15, 0.2) is 11.6 Å². The quantitative estimate of drug-likeness (QED) is 0.860. The minimum Gasteiger partial charge on any atom is -0.321 e. The molecule has 0 unspecified atom stereocenters. The van der Waals surface area contributed by atoms with Gasteiger partial charge in [0, 0.05) is 16.6 Å². The van der Waals surface area contributed by atoms with E-state index in [-0.39, 0.29) is 5.92 Å². The summed E-state index contributed by atoms with van der Waals surface area (Å²) in [5.74, 6) is -3.06. The van der Waals surface area contributed by atoms with Crippen LogP contribution in [0.4, 0.5) is 14.5 Å². The number of amides is 1. The Hall–Kier alpha value is -1.21. The van der Waals surface area contributed by atoms with Crippen LogP contribution >= 0.6 is 10.7 Å². The molecule has 1 amide bonds. The zero-order valence-corrected chi connectivity index (χ0v) is 12.6. The number of nitrogens with one attached hydrogen (secondary N) is 1. The van der Waals surface area contributed by atoms with Crippen LogP contribution in [-0.4, -0.2) is 14.3 Å². The van der Waals surface area contributed by atoms with Crippen LogP contribution in [0.3, 0.4) is 0 Å². The van der Waals surface area contributed by atoms with Crippen LogP contribution in [0.5, 0.6) is 0 Å². The van der Waals surface area contributed by atoms with E-state index in [1.807, 2.05) is 0 Å². The maximum atomic E-state index is 13.8. The monoisotopic (exact) mass is 337 g/mol. The summed E-state index contributed by atoms with van der Waals surface area (Å²) in [4.78, 5) is 11.3. The van der Waals surface area contributed by atoms with Gasteiger partial charge >= 0.3 is 0 Å². The molecule has 0 spiro atoms. The summed E-state index contributed by atoms with van der Waals surface area (Å²) in [6, 6.07) is 1.17. The van der Waals surface area contributed by atoms with E-state index in [1.54, 1.807) is 0 Å². The fourth-order valence-corrected chi connectivity index (χ4v) is 3.16. The molecular weight excluding hydrogens is 324 g/mol. The lowest BCUT2D eigenvalue weighted by molar-refractivity contribution is -0.120. The summed E-state index contributed by atoms with van der Waals surface area (Å²) in [7, 11) is 0.800. The summed E-state index contributed by atoms with van der Waals surface area (Å²) < 4.78 is 49.7. The molecule has 0 aliphatic heterocycles. The van der Waals surface area contributed by atoms with Crippen LogP contribution in [0.25, 0.3) is 0 Å². The maximum absolute atomic E-state index is 13.8. The molecule has 1 fully saturated rings. The van der Waals surface area contributed by atoms with Crippen LogP contribution in [0.2, 0.25) is 0 Å². The predicted octanol–water partition coefficient (Wildman–Crippen LogP) is 3.41. The normalized spacial score (nSPS) is 16.7. The molecule has 8 heteroatoms. The molecule has 1 aliphatic rings. The fraction of sp³-hybridized carbons (Fsp3) is 0.462. The van der Waals surface area contributed by atoms with Gasteiger partial charge in [0.1, 0.15) is 5.69 Å². The Kier molecular flexibility index (Phi) is 4.83. The number of anilines is 1. The van der Waals surface area contributed by atoms with Gasteiger partial charge in [-0.2, -0.15) is 0 Å². The number of carbonyl (C=O) groups is 1. The summed E-state index contributed by atoms with van der Waals surface area (Å²) in [6.45, 7) is 0. The van der Waals surface area contributed by atoms with Crippen molar-refractivity contribution in [3.63, 3.8) is 0 Å². The van der Waals surface area contributed by atoms with E-state index in [0.717, 1.165) is 19.3 Å². The van der Waals surface area contributed by atoms with Gasteiger partial charge in [-0.15, -0.1) is 0 Å². The Labute approximate surface area is 125 Å². The van der Waals surface area contributed by atoms with Crippen LogP contribution in [0, 0.1) is 17.6 Å². The largest absolute Gasteiger partial charge is 0.321 e. The van der Waals surface area contributed by atoms with E-state index in [1.165, 1.54) is 0 Å². The van der Waals surface area contributed by atoms with Crippen molar-refractivity contribution >= 4 is 31.3 Å². The molecule has 21 heavy (non-hydrogen) atoms. The summed E-state index contributed by atoms with van der Waals surface area (Å²) in [5, 5.41) is 2.20. The van der Waals surface area contributed by atoms with Gasteiger partial charge in [0.25, 0.3) is 9.05 Å². The average Bonchev–Trinajstić information content (AvgIpc) is 2.42. The molecule has 116 valence electrons. The highest BCUT2D eigenvalue weighted by Gasteiger charge is 2.24. The fourth-order valence-electron chi connectivity index (χ4n) is 2.40. The van der Waals surface area contributed by atoms with E-state index in [2.05, 4.69) is 5.32 Å². The van der Waals surface area contributed by atoms with E-state index >= 15 is 0 Å². The van der Waals surface area contributed by atoms with Crippen molar-refractivity contribution in [2.45, 2.75) is 37.0 Å². The van der Waals surface area contributed by atoms with Crippen LogP contribution in [0.15, 0.2) is 17.0 Å². The Morgan fingerprint density at radius 2 is 1.67 bits per heavy atom. The van der Waals surface area contributed by atoms with Gasteiger partial charge in [0.2, 0.25) is 5.91 Å². The lowest BCUT2D eigenvalue weighted by Crippen LogP contribution is -2.25. The third kappa shape index (κ3) is 3.91. The van der Waals surface area contributed by atoms with E-state index in [9.17, 15) is 22.0 Å². The smallest absolute Gasteiger partial charge is 0.261 e. The highest BCUT2D eigenvalue weighted by Crippen LogP contribution is 2.28. The topological polar surface area (TPSA) is 63.2 Å². The van der Waals surface area contributed by atoms with E-state index in [0.29, 0.717) is 25.0 Å². The van der Waals surface area contributed by atoms with E-state index < -0.39 is 37.2 Å². The molecular formula is C13H14ClF2NO3S. The minimum atomic E-state index is -4.23. The van der Waals surface area contributed by atoms with Gasteiger partial charge in [-0.1, -0.05) is 19.3 Å². The second-order valence-corrected chi connectivity index (χ2v) is 7.59. The SMILES string of the molecule is O=C(Nc1c(F)cc(S(=O)(=O)Cl)cc1F)C1CCCCC1. The molecule has 0 atom stereocenters. The highest BCUT2D eigenvalue weighted by atomic mass is 35.7. The molecule has 0 heterocycles. The summed E-state index contributed by atoms with van der Waals surface area (Å²) in [5.41, 5.74) is -0.644. The lowest BCUT2D eigenvalue weighted by atomic mass is 9.88. The average molecular weight is 338 g/mol. The zero-order chi connectivity index (χ0) is 15.6. The van der Waals surface area contributed by atoms with Crippen LogP contribution in [-0.2, 0) is 13.8 Å². The molecule has 0 aromatic heterocycles. The molecule has 0 bridgehead atoms. The molecule has 2 rings (SSSR count). The number of halogens is 3. The standard InChI is InChI=1S/C13H14ClF2NO3S/c14-21(19,20)9-6-10(15)12(11(16)7-9)17-13(18)8-4-2-1-3-5-8/h6-8H,1-5H2,(H,17,18). The molecule has 1 saturated carbocycles.